The minimum Gasteiger partial charge on any atom is -0.493 e. The van der Waals surface area contributed by atoms with Crippen molar-refractivity contribution >= 4 is 26.8 Å². The summed E-state index contributed by atoms with van der Waals surface area (Å²) < 4.78 is 29.0. The highest BCUT2D eigenvalue weighted by Gasteiger charge is 2.09. The molecular formula is C9H9BrN2O. The maximum atomic E-state index is 7.38. The minimum absolute atomic E-state index is 0.469. The van der Waals surface area contributed by atoms with Crippen molar-refractivity contribution in [2.75, 3.05) is 7.11 Å². The molecule has 0 N–H and O–H groups in total. The first-order chi connectivity index (χ1) is 7.45. The molecule has 13 heavy (non-hydrogen) atoms. The molecule has 0 fully saturated rings. The lowest BCUT2D eigenvalue weighted by atomic mass is 10.2. The Kier molecular flexibility index (Phi) is 1.32. The molecule has 0 spiro atoms. The summed E-state index contributed by atoms with van der Waals surface area (Å²) in [5.74, 6) is 0.478. The van der Waals surface area contributed by atoms with Crippen molar-refractivity contribution in [1.29, 1.82) is 0 Å². The van der Waals surface area contributed by atoms with Gasteiger partial charge in [-0.1, -0.05) is 0 Å². The lowest BCUT2D eigenvalue weighted by Crippen LogP contribution is -1.93. The zero-order valence-electron chi connectivity index (χ0n) is 9.91. The van der Waals surface area contributed by atoms with Crippen LogP contribution >= 0.6 is 15.9 Å². The van der Waals surface area contributed by atoms with Gasteiger partial charge in [0.25, 0.3) is 0 Å². The third kappa shape index (κ3) is 1.21. The van der Waals surface area contributed by atoms with E-state index in [0.29, 0.717) is 15.7 Å². The van der Waals surface area contributed by atoms with E-state index in [0.717, 1.165) is 10.1 Å². The van der Waals surface area contributed by atoms with Crippen molar-refractivity contribution in [3.8, 4) is 5.75 Å². The number of hydrogen-bond acceptors (Lipinski definition) is 2. The Morgan fingerprint density at radius 1 is 1.62 bits per heavy atom. The van der Waals surface area contributed by atoms with E-state index in [9.17, 15) is 0 Å². The van der Waals surface area contributed by atoms with Gasteiger partial charge in [0, 0.05) is 16.5 Å². The normalized spacial score (nSPS) is 15.1. The molecule has 0 aliphatic rings. The van der Waals surface area contributed by atoms with E-state index in [1.165, 1.54) is 13.3 Å². The summed E-state index contributed by atoms with van der Waals surface area (Å²) in [6.07, 6.45) is 1.51. The van der Waals surface area contributed by atoms with Crippen LogP contribution in [0.15, 0.2) is 22.8 Å². The molecule has 0 unspecified atom stereocenters. The van der Waals surface area contributed by atoms with Crippen LogP contribution in [0.2, 0.25) is 0 Å². The third-order valence-electron chi connectivity index (χ3n) is 1.84. The van der Waals surface area contributed by atoms with E-state index in [2.05, 4.69) is 21.0 Å². The molecule has 0 aliphatic heterocycles. The van der Waals surface area contributed by atoms with Crippen molar-refractivity contribution in [3.63, 3.8) is 0 Å². The molecule has 4 heteroatoms. The molecule has 1 aromatic heterocycles. The van der Waals surface area contributed by atoms with Gasteiger partial charge in [0.15, 0.2) is 5.75 Å². The van der Waals surface area contributed by atoms with Crippen molar-refractivity contribution in [1.82, 2.24) is 9.78 Å². The van der Waals surface area contributed by atoms with Crippen LogP contribution in [0.4, 0.5) is 0 Å². The summed E-state index contributed by atoms with van der Waals surface area (Å²) in [6, 6.07) is 3.59. The number of nitrogens with zero attached hydrogens (tertiary/aromatic N) is 2. The average molecular weight is 244 g/mol. The van der Waals surface area contributed by atoms with Crippen molar-refractivity contribution in [2.45, 2.75) is 0 Å². The number of aromatic nitrogens is 2. The highest BCUT2D eigenvalue weighted by Crippen LogP contribution is 2.32. The predicted molar refractivity (Wildman–Crippen MR) is 55.0 cm³/mol. The number of halogens is 1. The Morgan fingerprint density at radius 2 is 2.46 bits per heavy atom. The zero-order chi connectivity index (χ0) is 11.9. The summed E-state index contributed by atoms with van der Waals surface area (Å²) in [4.78, 5) is 0. The van der Waals surface area contributed by atoms with E-state index in [1.54, 1.807) is 12.1 Å². The smallest absolute Gasteiger partial charge is 0.158 e. The topological polar surface area (TPSA) is 27.1 Å². The summed E-state index contributed by atoms with van der Waals surface area (Å²) in [5, 5.41) is 4.60. The molecule has 0 saturated heterocycles. The van der Waals surface area contributed by atoms with Gasteiger partial charge in [0.1, 0.15) is 5.52 Å². The van der Waals surface area contributed by atoms with Crippen LogP contribution in [0.3, 0.4) is 0 Å². The van der Waals surface area contributed by atoms with Gasteiger partial charge in [-0.3, -0.25) is 4.68 Å². The van der Waals surface area contributed by atoms with Crippen LogP contribution in [0.5, 0.6) is 5.75 Å². The van der Waals surface area contributed by atoms with Crippen molar-refractivity contribution in [3.05, 3.63) is 22.8 Å². The maximum absolute atomic E-state index is 7.38. The first-order valence-corrected chi connectivity index (χ1v) is 4.45. The Balaban J connectivity index is 2.83. The molecule has 0 aliphatic carbocycles. The number of hydrogen-bond donors (Lipinski definition) is 0. The van der Waals surface area contributed by atoms with Gasteiger partial charge >= 0.3 is 0 Å². The fourth-order valence-electron chi connectivity index (χ4n) is 1.26. The summed E-state index contributed by atoms with van der Waals surface area (Å²) in [6.45, 7) is -2.31. The van der Waals surface area contributed by atoms with Crippen LogP contribution in [0, 0.1) is 0 Å². The maximum Gasteiger partial charge on any atom is 0.158 e. The van der Waals surface area contributed by atoms with E-state index < -0.39 is 6.98 Å². The molecule has 68 valence electrons. The first kappa shape index (κ1) is 5.65. The number of fused-ring (bicyclic) bond motifs is 1. The number of benzene rings is 1. The fourth-order valence-corrected chi connectivity index (χ4v) is 1.74. The minimum atomic E-state index is -2.31. The van der Waals surface area contributed by atoms with E-state index in [1.807, 2.05) is 0 Å². The Labute approximate surface area is 88.6 Å². The second kappa shape index (κ2) is 3.03. The second-order valence-electron chi connectivity index (χ2n) is 2.57. The number of rotatable bonds is 1. The molecule has 0 atom stereocenters. The second-order valence-corrected chi connectivity index (χ2v) is 3.43. The van der Waals surface area contributed by atoms with Crippen molar-refractivity contribution < 1.29 is 8.85 Å². The van der Waals surface area contributed by atoms with Crippen LogP contribution in [-0.4, -0.2) is 16.9 Å². The standard InChI is InChI=1S/C9H9BrN2O/c1-12-8-6(5-11-12)3-4-7(10)9(8)13-2/h3-5H,1-2H3/i1D3. The SMILES string of the molecule is [2H]C([2H])([2H])n1ncc2ccc(Br)c(OC)c21. The molecule has 2 aromatic rings. The highest BCUT2D eigenvalue weighted by atomic mass is 79.9. The van der Waals surface area contributed by atoms with Crippen molar-refractivity contribution in [2.24, 2.45) is 6.98 Å². The largest absolute Gasteiger partial charge is 0.493 e. The lowest BCUT2D eigenvalue weighted by Gasteiger charge is -2.05. The van der Waals surface area contributed by atoms with Crippen LogP contribution in [0.25, 0.3) is 10.9 Å². The van der Waals surface area contributed by atoms with E-state index in [4.69, 9.17) is 8.85 Å². The van der Waals surface area contributed by atoms with Crippen LogP contribution < -0.4 is 4.74 Å². The van der Waals surface area contributed by atoms with Gasteiger partial charge in [-0.2, -0.15) is 5.10 Å². The molecule has 0 bridgehead atoms. The monoisotopic (exact) mass is 243 g/mol. The number of methoxy groups -OCH3 is 1. The van der Waals surface area contributed by atoms with E-state index >= 15 is 0 Å². The van der Waals surface area contributed by atoms with Crippen LogP contribution in [-0.2, 0) is 6.98 Å². The summed E-state index contributed by atoms with van der Waals surface area (Å²) >= 11 is 3.31. The molecule has 3 nitrogen and oxygen atoms in total. The summed E-state index contributed by atoms with van der Waals surface area (Å²) in [5.41, 5.74) is 0.469. The van der Waals surface area contributed by atoms with E-state index in [-0.39, 0.29) is 0 Å². The lowest BCUT2D eigenvalue weighted by molar-refractivity contribution is 0.414. The molecule has 0 radical (unpaired) electrons. The Morgan fingerprint density at radius 3 is 3.15 bits per heavy atom. The Bertz CT molecular complexity index is 535. The number of ether oxygens (including phenoxy) is 1. The molecule has 1 heterocycles. The number of aryl methyl sites for hydroxylation is 1. The highest BCUT2D eigenvalue weighted by molar-refractivity contribution is 9.10. The predicted octanol–water partition coefficient (Wildman–Crippen LogP) is 2.34. The molecule has 0 saturated carbocycles. The average Bonchev–Trinajstić information content (AvgIpc) is 2.60. The third-order valence-corrected chi connectivity index (χ3v) is 2.47. The molecular weight excluding hydrogens is 232 g/mol. The Hall–Kier alpha value is -1.03. The van der Waals surface area contributed by atoms with Gasteiger partial charge in [-0.05, 0) is 28.1 Å². The molecule has 2 rings (SSSR count). The van der Waals surface area contributed by atoms with Gasteiger partial charge in [-0.25, -0.2) is 0 Å². The quantitative estimate of drug-likeness (QED) is 0.769. The molecule has 0 amide bonds. The van der Waals surface area contributed by atoms with Gasteiger partial charge in [-0.15, -0.1) is 0 Å². The van der Waals surface area contributed by atoms with Crippen LogP contribution in [0.1, 0.15) is 4.11 Å². The molecule has 1 aromatic carbocycles. The first-order valence-electron chi connectivity index (χ1n) is 5.16. The van der Waals surface area contributed by atoms with Gasteiger partial charge in [0.2, 0.25) is 0 Å². The van der Waals surface area contributed by atoms with Gasteiger partial charge < -0.3 is 4.74 Å². The summed E-state index contributed by atoms with van der Waals surface area (Å²) in [7, 11) is 1.50. The zero-order valence-corrected chi connectivity index (χ0v) is 8.50. The fraction of sp³-hybridized carbons (Fsp3) is 0.222. The van der Waals surface area contributed by atoms with Gasteiger partial charge in [0.05, 0.1) is 17.8 Å².